The predicted molar refractivity (Wildman–Crippen MR) is 66.3 cm³/mol. The van der Waals surface area contributed by atoms with E-state index in [9.17, 15) is 0 Å². The highest BCUT2D eigenvalue weighted by molar-refractivity contribution is 5.42. The normalized spacial score (nSPS) is 17.3. The first kappa shape index (κ1) is 11.2. The van der Waals surface area contributed by atoms with E-state index in [1.54, 1.807) is 6.20 Å². The van der Waals surface area contributed by atoms with Gasteiger partial charge >= 0.3 is 0 Å². The van der Waals surface area contributed by atoms with Crippen LogP contribution in [0.1, 0.15) is 39.0 Å². The summed E-state index contributed by atoms with van der Waals surface area (Å²) in [6.07, 6.45) is 8.34. The van der Waals surface area contributed by atoms with Gasteiger partial charge in [0.05, 0.1) is 0 Å². The van der Waals surface area contributed by atoms with E-state index in [1.165, 1.54) is 32.1 Å². The SMILES string of the molecule is CCN(c1ccnc(N)n1)C1CCCCC1. The van der Waals surface area contributed by atoms with Crippen molar-refractivity contribution in [3.63, 3.8) is 0 Å². The van der Waals surface area contributed by atoms with Crippen LogP contribution in [0.3, 0.4) is 0 Å². The van der Waals surface area contributed by atoms with E-state index in [0.29, 0.717) is 12.0 Å². The molecule has 0 spiro atoms. The Morgan fingerprint density at radius 2 is 2.12 bits per heavy atom. The first-order valence-electron chi connectivity index (χ1n) is 6.16. The second kappa shape index (κ2) is 5.14. The van der Waals surface area contributed by atoms with Crippen molar-refractivity contribution in [1.29, 1.82) is 0 Å². The molecule has 0 unspecified atom stereocenters. The van der Waals surface area contributed by atoms with Crippen molar-refractivity contribution >= 4 is 11.8 Å². The molecule has 1 aromatic rings. The van der Waals surface area contributed by atoms with Crippen molar-refractivity contribution in [2.45, 2.75) is 45.1 Å². The van der Waals surface area contributed by atoms with Gasteiger partial charge in [-0.1, -0.05) is 19.3 Å². The van der Waals surface area contributed by atoms with E-state index < -0.39 is 0 Å². The fourth-order valence-corrected chi connectivity index (χ4v) is 2.52. The highest BCUT2D eigenvalue weighted by atomic mass is 15.2. The summed E-state index contributed by atoms with van der Waals surface area (Å²) in [5.74, 6) is 1.34. The van der Waals surface area contributed by atoms with Gasteiger partial charge in [0.25, 0.3) is 0 Å². The number of hydrogen-bond donors (Lipinski definition) is 1. The molecule has 0 atom stereocenters. The number of rotatable bonds is 3. The third kappa shape index (κ3) is 2.43. The minimum absolute atomic E-state index is 0.367. The fraction of sp³-hybridized carbons (Fsp3) is 0.667. The van der Waals surface area contributed by atoms with E-state index in [0.717, 1.165) is 12.4 Å². The number of nitrogens with zero attached hydrogens (tertiary/aromatic N) is 3. The van der Waals surface area contributed by atoms with Crippen LogP contribution in [0.15, 0.2) is 12.3 Å². The molecule has 0 aliphatic heterocycles. The number of aromatic nitrogens is 2. The number of hydrogen-bond acceptors (Lipinski definition) is 4. The zero-order chi connectivity index (χ0) is 11.4. The number of nitrogens with two attached hydrogens (primary N) is 1. The number of anilines is 2. The van der Waals surface area contributed by atoms with Crippen LogP contribution in [0.2, 0.25) is 0 Å². The minimum Gasteiger partial charge on any atom is -0.368 e. The molecule has 0 saturated heterocycles. The maximum Gasteiger partial charge on any atom is 0.221 e. The Morgan fingerprint density at radius 1 is 1.38 bits per heavy atom. The molecule has 88 valence electrons. The van der Waals surface area contributed by atoms with Gasteiger partial charge in [0.15, 0.2) is 0 Å². The summed E-state index contributed by atoms with van der Waals surface area (Å²) >= 11 is 0. The zero-order valence-electron chi connectivity index (χ0n) is 9.89. The van der Waals surface area contributed by atoms with Crippen LogP contribution in [0.5, 0.6) is 0 Å². The molecule has 2 N–H and O–H groups in total. The van der Waals surface area contributed by atoms with Crippen LogP contribution < -0.4 is 10.6 Å². The second-order valence-corrected chi connectivity index (χ2v) is 4.35. The van der Waals surface area contributed by atoms with Gasteiger partial charge in [0.1, 0.15) is 5.82 Å². The van der Waals surface area contributed by atoms with Crippen molar-refractivity contribution < 1.29 is 0 Å². The van der Waals surface area contributed by atoms with Gasteiger partial charge in [-0.2, -0.15) is 4.98 Å². The van der Waals surface area contributed by atoms with Crippen molar-refractivity contribution in [3.8, 4) is 0 Å². The van der Waals surface area contributed by atoms with Crippen molar-refractivity contribution in [2.75, 3.05) is 17.2 Å². The Labute approximate surface area is 96.9 Å². The molecule has 0 amide bonds. The van der Waals surface area contributed by atoms with Crippen LogP contribution in [0.25, 0.3) is 0 Å². The molecule has 2 rings (SSSR count). The Morgan fingerprint density at radius 3 is 2.75 bits per heavy atom. The van der Waals surface area contributed by atoms with Gasteiger partial charge in [-0.05, 0) is 25.8 Å². The fourth-order valence-electron chi connectivity index (χ4n) is 2.52. The molecule has 4 nitrogen and oxygen atoms in total. The van der Waals surface area contributed by atoms with Gasteiger partial charge in [-0.25, -0.2) is 4.98 Å². The quantitative estimate of drug-likeness (QED) is 0.848. The van der Waals surface area contributed by atoms with Crippen LogP contribution in [-0.2, 0) is 0 Å². The van der Waals surface area contributed by atoms with E-state index in [4.69, 9.17) is 5.73 Å². The average molecular weight is 220 g/mol. The molecule has 16 heavy (non-hydrogen) atoms. The van der Waals surface area contributed by atoms with E-state index in [1.807, 2.05) is 6.07 Å². The summed E-state index contributed by atoms with van der Waals surface area (Å²) in [6.45, 7) is 3.16. The van der Waals surface area contributed by atoms with Crippen molar-refractivity contribution in [1.82, 2.24) is 9.97 Å². The number of nitrogen functional groups attached to an aromatic ring is 1. The Kier molecular flexibility index (Phi) is 3.59. The minimum atomic E-state index is 0.367. The second-order valence-electron chi connectivity index (χ2n) is 4.35. The lowest BCUT2D eigenvalue weighted by molar-refractivity contribution is 0.416. The summed E-state index contributed by atoms with van der Waals surface area (Å²) in [4.78, 5) is 10.6. The Bertz CT molecular complexity index is 334. The molecule has 1 aromatic heterocycles. The van der Waals surface area contributed by atoms with Crippen molar-refractivity contribution in [2.24, 2.45) is 0 Å². The smallest absolute Gasteiger partial charge is 0.221 e. The highest BCUT2D eigenvalue weighted by Crippen LogP contribution is 2.25. The first-order chi connectivity index (χ1) is 7.81. The molecule has 1 fully saturated rings. The summed E-state index contributed by atoms with van der Waals surface area (Å²) in [7, 11) is 0. The standard InChI is InChI=1S/C12H20N4/c1-2-16(10-6-4-3-5-7-10)11-8-9-14-12(13)15-11/h8-10H,2-7H2,1H3,(H2,13,14,15). The Hall–Kier alpha value is -1.32. The molecule has 0 bridgehead atoms. The maximum atomic E-state index is 5.63. The monoisotopic (exact) mass is 220 g/mol. The molecule has 4 heteroatoms. The lowest BCUT2D eigenvalue weighted by atomic mass is 9.94. The highest BCUT2D eigenvalue weighted by Gasteiger charge is 2.21. The lowest BCUT2D eigenvalue weighted by Gasteiger charge is -2.34. The van der Waals surface area contributed by atoms with Crippen LogP contribution in [0.4, 0.5) is 11.8 Å². The van der Waals surface area contributed by atoms with E-state index >= 15 is 0 Å². The van der Waals surface area contributed by atoms with Gasteiger partial charge in [-0.3, -0.25) is 0 Å². The van der Waals surface area contributed by atoms with Crippen LogP contribution >= 0.6 is 0 Å². The zero-order valence-corrected chi connectivity index (χ0v) is 9.89. The van der Waals surface area contributed by atoms with E-state index in [2.05, 4.69) is 21.8 Å². The van der Waals surface area contributed by atoms with Gasteiger partial charge in [0, 0.05) is 18.8 Å². The maximum absolute atomic E-state index is 5.63. The third-order valence-electron chi connectivity index (χ3n) is 3.31. The van der Waals surface area contributed by atoms with Crippen LogP contribution in [0, 0.1) is 0 Å². The molecule has 0 radical (unpaired) electrons. The van der Waals surface area contributed by atoms with Gasteiger partial charge in [-0.15, -0.1) is 0 Å². The molecular weight excluding hydrogens is 200 g/mol. The Balaban J connectivity index is 2.14. The molecular formula is C12H20N4. The molecule has 1 aliphatic carbocycles. The van der Waals surface area contributed by atoms with Gasteiger partial charge in [0.2, 0.25) is 5.95 Å². The summed E-state index contributed by atoms with van der Waals surface area (Å²) in [5, 5.41) is 0. The first-order valence-corrected chi connectivity index (χ1v) is 6.16. The summed E-state index contributed by atoms with van der Waals surface area (Å²) < 4.78 is 0. The largest absolute Gasteiger partial charge is 0.368 e. The van der Waals surface area contributed by atoms with Gasteiger partial charge < -0.3 is 10.6 Å². The van der Waals surface area contributed by atoms with Crippen molar-refractivity contribution in [3.05, 3.63) is 12.3 Å². The molecule has 0 aromatic carbocycles. The predicted octanol–water partition coefficient (Wildman–Crippen LogP) is 2.22. The lowest BCUT2D eigenvalue weighted by Crippen LogP contribution is -2.37. The third-order valence-corrected chi connectivity index (χ3v) is 3.31. The topological polar surface area (TPSA) is 55.0 Å². The molecule has 1 saturated carbocycles. The average Bonchev–Trinajstić information content (AvgIpc) is 2.31. The molecule has 1 aliphatic rings. The van der Waals surface area contributed by atoms with E-state index in [-0.39, 0.29) is 0 Å². The molecule has 1 heterocycles. The summed E-state index contributed by atoms with van der Waals surface area (Å²) in [6, 6.07) is 2.59. The summed E-state index contributed by atoms with van der Waals surface area (Å²) in [5.41, 5.74) is 5.63. The van der Waals surface area contributed by atoms with Crippen LogP contribution in [-0.4, -0.2) is 22.6 Å².